The first-order valence-electron chi connectivity index (χ1n) is 15.9. The normalized spacial score (nSPS) is 23.5. The predicted molar refractivity (Wildman–Crippen MR) is 176 cm³/mol. The molecule has 6 nitrogen and oxygen atoms in total. The summed E-state index contributed by atoms with van der Waals surface area (Å²) >= 11 is 0. The molecule has 0 amide bonds. The Morgan fingerprint density at radius 2 is 1.58 bits per heavy atom. The molecule has 1 heterocycles. The molecule has 3 rings (SSSR count). The van der Waals surface area contributed by atoms with E-state index in [2.05, 4.69) is 73.7 Å². The van der Waals surface area contributed by atoms with Crippen LogP contribution in [0.3, 0.4) is 0 Å². The highest BCUT2D eigenvalue weighted by Crippen LogP contribution is 2.41. The summed E-state index contributed by atoms with van der Waals surface area (Å²) < 4.78 is 31.5. The van der Waals surface area contributed by atoms with E-state index >= 15 is 0 Å². The van der Waals surface area contributed by atoms with Crippen molar-refractivity contribution in [1.82, 2.24) is 0 Å². The van der Waals surface area contributed by atoms with Crippen LogP contribution in [-0.2, 0) is 30.0 Å². The van der Waals surface area contributed by atoms with E-state index in [1.54, 1.807) is 7.11 Å². The lowest BCUT2D eigenvalue weighted by molar-refractivity contribution is -0.279. The molecule has 43 heavy (non-hydrogen) atoms. The fourth-order valence-corrected chi connectivity index (χ4v) is 7.01. The maximum atomic E-state index is 14.1. The number of ketones is 1. The number of ether oxygens (including phenoxy) is 4. The van der Waals surface area contributed by atoms with E-state index in [1.807, 2.05) is 49.4 Å². The fourth-order valence-electron chi connectivity index (χ4n) is 5.54. The first-order valence-corrected chi connectivity index (χ1v) is 18.8. The molecule has 240 valence electrons. The summed E-state index contributed by atoms with van der Waals surface area (Å²) in [5.74, 6) is 1.03. The van der Waals surface area contributed by atoms with Crippen LogP contribution in [0, 0.1) is 23.7 Å². The zero-order valence-corrected chi connectivity index (χ0v) is 29.4. The molecule has 0 radical (unpaired) electrons. The summed E-state index contributed by atoms with van der Waals surface area (Å²) in [6.07, 6.45) is -0.763. The monoisotopic (exact) mass is 612 g/mol. The van der Waals surface area contributed by atoms with Crippen LogP contribution in [-0.4, -0.2) is 46.1 Å². The molecule has 0 bridgehead atoms. The number of hydrogen-bond donors (Lipinski definition) is 0. The zero-order chi connectivity index (χ0) is 31.9. The average molecular weight is 613 g/mol. The molecule has 0 saturated carbocycles. The SMILES string of the molecule is COc1ccc([C@@H]2O[C@H](C(C)C)[C@@H](C)[C@@H](CC(=O)[C@@H](C)[C@H](O[Si](C)(C)C(C)(C)C)[C@H](C)COCc3ccccc3)O2)cc1. The van der Waals surface area contributed by atoms with Gasteiger partial charge in [-0.25, -0.2) is 0 Å². The largest absolute Gasteiger partial charge is 0.497 e. The van der Waals surface area contributed by atoms with Gasteiger partial charge < -0.3 is 23.4 Å². The van der Waals surface area contributed by atoms with Gasteiger partial charge in [-0.05, 0) is 41.7 Å². The van der Waals surface area contributed by atoms with Gasteiger partial charge >= 0.3 is 0 Å². The molecule has 0 spiro atoms. The van der Waals surface area contributed by atoms with Gasteiger partial charge in [0.15, 0.2) is 14.6 Å². The minimum atomic E-state index is -2.17. The molecule has 7 atom stereocenters. The molecule has 1 aliphatic heterocycles. The Balaban J connectivity index is 1.78. The summed E-state index contributed by atoms with van der Waals surface area (Å²) in [4.78, 5) is 14.1. The second kappa shape index (κ2) is 15.3. The van der Waals surface area contributed by atoms with Crippen molar-refractivity contribution < 1.29 is 28.2 Å². The number of benzene rings is 2. The average Bonchev–Trinajstić information content (AvgIpc) is 2.96. The van der Waals surface area contributed by atoms with Gasteiger partial charge in [-0.15, -0.1) is 0 Å². The summed E-state index contributed by atoms with van der Waals surface area (Å²) in [6, 6.07) is 18.0. The Hall–Kier alpha value is -2.03. The lowest BCUT2D eigenvalue weighted by Crippen LogP contribution is -2.50. The molecule has 2 aromatic rings. The first-order chi connectivity index (χ1) is 20.1. The Bertz CT molecular complexity index is 1130. The van der Waals surface area contributed by atoms with Crippen LogP contribution in [0.5, 0.6) is 5.75 Å². The van der Waals surface area contributed by atoms with Gasteiger partial charge in [-0.2, -0.15) is 0 Å². The predicted octanol–water partition coefficient (Wildman–Crippen LogP) is 8.61. The molecule has 2 aromatic carbocycles. The summed E-state index contributed by atoms with van der Waals surface area (Å²) in [7, 11) is -0.513. The topological polar surface area (TPSA) is 63.2 Å². The van der Waals surface area contributed by atoms with Gasteiger partial charge in [-0.3, -0.25) is 4.79 Å². The van der Waals surface area contributed by atoms with Crippen molar-refractivity contribution in [2.45, 2.75) is 111 Å². The number of Topliss-reactive ketones (excluding diaryl/α,β-unsaturated/α-hetero) is 1. The van der Waals surface area contributed by atoms with Gasteiger partial charge in [0.05, 0.1) is 38.6 Å². The van der Waals surface area contributed by atoms with Gasteiger partial charge in [0.1, 0.15) is 11.5 Å². The van der Waals surface area contributed by atoms with Crippen LogP contribution >= 0.6 is 0 Å². The number of carbonyl (C=O) groups is 1. The van der Waals surface area contributed by atoms with Crippen molar-refractivity contribution in [1.29, 1.82) is 0 Å². The Labute approximate surface area is 261 Å². The summed E-state index contributed by atoms with van der Waals surface area (Å²) in [5, 5.41) is 0.0209. The third-order valence-corrected chi connectivity index (χ3v) is 13.9. The number of hydrogen-bond acceptors (Lipinski definition) is 6. The second-order valence-corrected chi connectivity index (χ2v) is 19.0. The Morgan fingerprint density at radius 1 is 0.953 bits per heavy atom. The fraction of sp³-hybridized carbons (Fsp3) is 0.639. The highest BCUT2D eigenvalue weighted by Gasteiger charge is 2.44. The second-order valence-electron chi connectivity index (χ2n) is 14.3. The van der Waals surface area contributed by atoms with Crippen LogP contribution in [0.1, 0.15) is 79.2 Å². The third-order valence-electron chi connectivity index (χ3n) is 9.42. The van der Waals surface area contributed by atoms with E-state index in [0.29, 0.717) is 19.6 Å². The number of rotatable bonds is 14. The Morgan fingerprint density at radius 3 is 2.14 bits per heavy atom. The quantitative estimate of drug-likeness (QED) is 0.199. The lowest BCUT2D eigenvalue weighted by atomic mass is 9.83. The highest BCUT2D eigenvalue weighted by molar-refractivity contribution is 6.74. The van der Waals surface area contributed by atoms with Crippen molar-refractivity contribution in [2.24, 2.45) is 23.7 Å². The van der Waals surface area contributed by atoms with E-state index in [-0.39, 0.29) is 52.8 Å². The number of methoxy groups -OCH3 is 1. The Kier molecular flexibility index (Phi) is 12.6. The molecule has 1 saturated heterocycles. The van der Waals surface area contributed by atoms with E-state index in [0.717, 1.165) is 16.9 Å². The maximum absolute atomic E-state index is 14.1. The highest BCUT2D eigenvalue weighted by atomic mass is 28.4. The van der Waals surface area contributed by atoms with E-state index in [1.165, 1.54) is 0 Å². The van der Waals surface area contributed by atoms with Crippen LogP contribution in [0.15, 0.2) is 54.6 Å². The van der Waals surface area contributed by atoms with Gasteiger partial charge in [-0.1, -0.05) is 97.9 Å². The first kappa shape index (κ1) is 35.4. The zero-order valence-electron chi connectivity index (χ0n) is 28.4. The van der Waals surface area contributed by atoms with Gasteiger partial charge in [0.2, 0.25) is 0 Å². The minimum absolute atomic E-state index is 0.0209. The molecule has 1 fully saturated rings. The van der Waals surface area contributed by atoms with Gasteiger partial charge in [0, 0.05) is 29.7 Å². The lowest BCUT2D eigenvalue weighted by Gasteiger charge is -2.44. The minimum Gasteiger partial charge on any atom is -0.497 e. The van der Waals surface area contributed by atoms with Crippen LogP contribution in [0.4, 0.5) is 0 Å². The van der Waals surface area contributed by atoms with Crippen LogP contribution in [0.25, 0.3) is 0 Å². The van der Waals surface area contributed by atoms with E-state index in [9.17, 15) is 4.79 Å². The maximum Gasteiger partial charge on any atom is 0.192 e. The van der Waals surface area contributed by atoms with Crippen molar-refractivity contribution in [3.8, 4) is 5.75 Å². The summed E-state index contributed by atoms with van der Waals surface area (Å²) in [5.41, 5.74) is 2.06. The molecular formula is C36H56O6Si. The molecule has 0 aliphatic carbocycles. The molecule has 1 aliphatic rings. The molecular weight excluding hydrogens is 556 g/mol. The van der Waals surface area contributed by atoms with Crippen molar-refractivity contribution in [2.75, 3.05) is 13.7 Å². The van der Waals surface area contributed by atoms with Crippen LogP contribution < -0.4 is 4.74 Å². The van der Waals surface area contributed by atoms with E-state index < -0.39 is 14.6 Å². The molecule has 0 aromatic heterocycles. The van der Waals surface area contributed by atoms with E-state index in [4.69, 9.17) is 23.4 Å². The van der Waals surface area contributed by atoms with Crippen molar-refractivity contribution >= 4 is 14.1 Å². The molecule has 7 heteroatoms. The smallest absolute Gasteiger partial charge is 0.192 e. The summed E-state index contributed by atoms with van der Waals surface area (Å²) in [6.45, 7) is 22.9. The number of carbonyl (C=O) groups excluding carboxylic acids is 1. The van der Waals surface area contributed by atoms with Gasteiger partial charge in [0.25, 0.3) is 0 Å². The molecule has 0 unspecified atom stereocenters. The van der Waals surface area contributed by atoms with Crippen LogP contribution in [0.2, 0.25) is 18.1 Å². The van der Waals surface area contributed by atoms with Crippen molar-refractivity contribution in [3.05, 3.63) is 65.7 Å². The standard InChI is InChI=1S/C36H56O6Si/c1-24(2)33-27(5)32(40-35(41-33)29-17-19-30(38-9)20-18-29)21-31(37)26(4)34(42-43(10,11)36(6,7)8)25(3)22-39-23-28-15-13-12-14-16-28/h12-20,24-27,32-35H,21-23H2,1-11H3/t25-,26-,27+,32-,33-,34-,35+/m1/s1. The molecule has 0 N–H and O–H groups in total. The van der Waals surface area contributed by atoms with Crippen molar-refractivity contribution in [3.63, 3.8) is 0 Å². The third kappa shape index (κ3) is 9.48.